The van der Waals surface area contributed by atoms with Crippen molar-refractivity contribution in [2.24, 2.45) is 7.05 Å². The molecule has 1 atom stereocenters. The predicted molar refractivity (Wildman–Crippen MR) is 98.5 cm³/mol. The summed E-state index contributed by atoms with van der Waals surface area (Å²) in [6.07, 6.45) is 1.33. The lowest BCUT2D eigenvalue weighted by Crippen LogP contribution is -2.38. The number of benzene rings is 1. The fraction of sp³-hybridized carbons (Fsp3) is 0.500. The minimum Gasteiger partial charge on any atom is -0.454 e. The van der Waals surface area contributed by atoms with Crippen LogP contribution in [0.15, 0.2) is 18.2 Å². The second-order valence-electron chi connectivity index (χ2n) is 7.12. The summed E-state index contributed by atoms with van der Waals surface area (Å²) in [4.78, 5) is 15.0. The zero-order valence-corrected chi connectivity index (χ0v) is 16.0. The first-order valence-corrected chi connectivity index (χ1v) is 9.31. The molecular formula is C20H25N3O4. The molecule has 0 N–H and O–H groups in total. The summed E-state index contributed by atoms with van der Waals surface area (Å²) < 4.78 is 18.6. The highest BCUT2D eigenvalue weighted by Gasteiger charge is 2.30. The molecular weight excluding hydrogens is 346 g/mol. The molecule has 1 amide bonds. The van der Waals surface area contributed by atoms with E-state index in [4.69, 9.17) is 14.2 Å². The fourth-order valence-corrected chi connectivity index (χ4v) is 3.75. The average molecular weight is 371 g/mol. The van der Waals surface area contributed by atoms with Gasteiger partial charge < -0.3 is 19.1 Å². The van der Waals surface area contributed by atoms with E-state index in [0.29, 0.717) is 19.7 Å². The first-order chi connectivity index (χ1) is 13.0. The molecule has 0 bridgehead atoms. The zero-order chi connectivity index (χ0) is 19.0. The smallest absolute Gasteiger partial charge is 0.252 e. The summed E-state index contributed by atoms with van der Waals surface area (Å²) in [7, 11) is 1.92. The SMILES string of the molecule is Cc1nn(C)c(C)c1CN(Cc1cccc2c1OCO2)C(=O)[C@H]1CCCO1. The van der Waals surface area contributed by atoms with Gasteiger partial charge in [-0.3, -0.25) is 9.48 Å². The van der Waals surface area contributed by atoms with Gasteiger partial charge in [-0.05, 0) is 32.8 Å². The van der Waals surface area contributed by atoms with Gasteiger partial charge in [0.1, 0.15) is 6.10 Å². The van der Waals surface area contributed by atoms with Crippen molar-refractivity contribution in [1.29, 1.82) is 0 Å². The van der Waals surface area contributed by atoms with Crippen LogP contribution in [0.5, 0.6) is 11.5 Å². The topological polar surface area (TPSA) is 65.8 Å². The third-order valence-electron chi connectivity index (χ3n) is 5.36. The molecule has 1 aromatic carbocycles. The third-order valence-corrected chi connectivity index (χ3v) is 5.36. The monoisotopic (exact) mass is 371 g/mol. The number of fused-ring (bicyclic) bond motifs is 1. The van der Waals surface area contributed by atoms with Gasteiger partial charge in [0.05, 0.1) is 5.69 Å². The van der Waals surface area contributed by atoms with Crippen LogP contribution in [0.3, 0.4) is 0 Å². The van der Waals surface area contributed by atoms with Crippen LogP contribution < -0.4 is 9.47 Å². The van der Waals surface area contributed by atoms with Gasteiger partial charge in [0.25, 0.3) is 5.91 Å². The number of aromatic nitrogens is 2. The largest absolute Gasteiger partial charge is 0.454 e. The molecule has 0 aliphatic carbocycles. The molecule has 27 heavy (non-hydrogen) atoms. The second kappa shape index (κ2) is 7.23. The van der Waals surface area contributed by atoms with Gasteiger partial charge in [0.15, 0.2) is 11.5 Å². The Balaban J connectivity index is 1.64. The molecule has 7 nitrogen and oxygen atoms in total. The van der Waals surface area contributed by atoms with Crippen LogP contribution in [0.2, 0.25) is 0 Å². The van der Waals surface area contributed by atoms with Crippen LogP contribution in [0, 0.1) is 13.8 Å². The van der Waals surface area contributed by atoms with E-state index in [2.05, 4.69) is 5.10 Å². The molecule has 2 aromatic rings. The Labute approximate surface area is 158 Å². The maximum absolute atomic E-state index is 13.2. The van der Waals surface area contributed by atoms with E-state index in [1.165, 1.54) is 0 Å². The summed E-state index contributed by atoms with van der Waals surface area (Å²) in [6.45, 7) is 5.81. The number of ether oxygens (including phenoxy) is 3. The molecule has 2 aliphatic heterocycles. The van der Waals surface area contributed by atoms with Crippen molar-refractivity contribution in [1.82, 2.24) is 14.7 Å². The highest BCUT2D eigenvalue weighted by atomic mass is 16.7. The molecule has 4 rings (SSSR count). The van der Waals surface area contributed by atoms with Gasteiger partial charge in [0.2, 0.25) is 6.79 Å². The Hall–Kier alpha value is -2.54. The van der Waals surface area contributed by atoms with Crippen LogP contribution in [-0.2, 0) is 29.7 Å². The fourth-order valence-electron chi connectivity index (χ4n) is 3.75. The number of para-hydroxylation sites is 1. The van der Waals surface area contributed by atoms with Gasteiger partial charge in [-0.15, -0.1) is 0 Å². The summed E-state index contributed by atoms with van der Waals surface area (Å²) >= 11 is 0. The highest BCUT2D eigenvalue weighted by molar-refractivity contribution is 5.81. The Morgan fingerprint density at radius 2 is 2.15 bits per heavy atom. The maximum Gasteiger partial charge on any atom is 0.252 e. The number of amides is 1. The lowest BCUT2D eigenvalue weighted by Gasteiger charge is -2.26. The van der Waals surface area contributed by atoms with Gasteiger partial charge in [-0.25, -0.2) is 0 Å². The molecule has 0 radical (unpaired) electrons. The van der Waals surface area contributed by atoms with Crippen molar-refractivity contribution in [3.8, 4) is 11.5 Å². The van der Waals surface area contributed by atoms with Crippen molar-refractivity contribution >= 4 is 5.91 Å². The second-order valence-corrected chi connectivity index (χ2v) is 7.12. The van der Waals surface area contributed by atoms with E-state index in [-0.39, 0.29) is 18.8 Å². The third kappa shape index (κ3) is 3.39. The van der Waals surface area contributed by atoms with E-state index >= 15 is 0 Å². The van der Waals surface area contributed by atoms with E-state index in [1.807, 2.05) is 48.7 Å². The van der Waals surface area contributed by atoms with Crippen molar-refractivity contribution in [3.63, 3.8) is 0 Å². The van der Waals surface area contributed by atoms with Crippen LogP contribution in [-0.4, -0.2) is 40.1 Å². The van der Waals surface area contributed by atoms with Crippen LogP contribution in [0.25, 0.3) is 0 Å². The Morgan fingerprint density at radius 3 is 2.85 bits per heavy atom. The summed E-state index contributed by atoms with van der Waals surface area (Å²) in [5.74, 6) is 1.47. The highest BCUT2D eigenvalue weighted by Crippen LogP contribution is 2.36. The normalized spacial score (nSPS) is 18.1. The van der Waals surface area contributed by atoms with Crippen LogP contribution in [0.4, 0.5) is 0 Å². The van der Waals surface area contributed by atoms with E-state index in [0.717, 1.165) is 46.9 Å². The van der Waals surface area contributed by atoms with Crippen molar-refractivity contribution in [2.45, 2.75) is 45.9 Å². The number of nitrogens with zero attached hydrogens (tertiary/aromatic N) is 3. The van der Waals surface area contributed by atoms with Crippen molar-refractivity contribution in [2.75, 3.05) is 13.4 Å². The minimum atomic E-state index is -0.365. The summed E-state index contributed by atoms with van der Waals surface area (Å²) in [6, 6.07) is 5.79. The number of carbonyl (C=O) groups excluding carboxylic acids is 1. The van der Waals surface area contributed by atoms with Gasteiger partial charge in [-0.2, -0.15) is 5.10 Å². The first kappa shape index (κ1) is 17.9. The molecule has 1 saturated heterocycles. The molecule has 1 fully saturated rings. The molecule has 0 unspecified atom stereocenters. The molecule has 0 spiro atoms. The number of rotatable bonds is 5. The molecule has 144 valence electrons. The van der Waals surface area contributed by atoms with Gasteiger partial charge in [-0.1, -0.05) is 12.1 Å². The van der Waals surface area contributed by atoms with Crippen LogP contribution in [0.1, 0.15) is 35.4 Å². The molecule has 3 heterocycles. The van der Waals surface area contributed by atoms with Crippen molar-refractivity contribution in [3.05, 3.63) is 40.7 Å². The first-order valence-electron chi connectivity index (χ1n) is 9.31. The van der Waals surface area contributed by atoms with Crippen molar-refractivity contribution < 1.29 is 19.0 Å². The molecule has 0 saturated carbocycles. The van der Waals surface area contributed by atoms with Gasteiger partial charge in [0, 0.05) is 43.6 Å². The predicted octanol–water partition coefficient (Wildman–Crippen LogP) is 2.47. The standard InChI is InChI=1S/C20H25N3O4/c1-13-16(14(2)22(3)21-13)11-23(20(24)18-8-5-9-25-18)10-15-6-4-7-17-19(15)27-12-26-17/h4,6-7,18H,5,8-12H2,1-3H3/t18-/m1/s1. The van der Waals surface area contributed by atoms with Gasteiger partial charge >= 0.3 is 0 Å². The Morgan fingerprint density at radius 1 is 1.30 bits per heavy atom. The van der Waals surface area contributed by atoms with E-state index in [1.54, 1.807) is 0 Å². The lowest BCUT2D eigenvalue weighted by atomic mass is 10.1. The maximum atomic E-state index is 13.2. The van der Waals surface area contributed by atoms with E-state index < -0.39 is 0 Å². The number of carbonyl (C=O) groups is 1. The average Bonchev–Trinajstić information content (AvgIpc) is 3.39. The summed E-state index contributed by atoms with van der Waals surface area (Å²) in [5.41, 5.74) is 4.03. The molecule has 7 heteroatoms. The molecule has 2 aliphatic rings. The summed E-state index contributed by atoms with van der Waals surface area (Å²) in [5, 5.41) is 4.49. The van der Waals surface area contributed by atoms with E-state index in [9.17, 15) is 4.79 Å². The quantitative estimate of drug-likeness (QED) is 0.808. The minimum absolute atomic E-state index is 0.0201. The number of hydrogen-bond acceptors (Lipinski definition) is 5. The number of hydrogen-bond donors (Lipinski definition) is 0. The van der Waals surface area contributed by atoms with Crippen LogP contribution >= 0.6 is 0 Å². The number of aryl methyl sites for hydroxylation is 2. The lowest BCUT2D eigenvalue weighted by molar-refractivity contribution is -0.142. The Bertz CT molecular complexity index is 855. The Kier molecular flexibility index (Phi) is 4.78. The molecule has 1 aromatic heterocycles. The zero-order valence-electron chi connectivity index (χ0n) is 16.0.